The highest BCUT2D eigenvalue weighted by atomic mass is 16.6. The quantitative estimate of drug-likeness (QED) is 0.511. The van der Waals surface area contributed by atoms with Crippen LogP contribution in [0, 0.1) is 24.0 Å². The van der Waals surface area contributed by atoms with Gasteiger partial charge in [-0.3, -0.25) is 19.6 Å². The maximum atomic E-state index is 12.4. The number of carbonyl (C=O) groups excluding carboxylic acids is 1. The zero-order valence-electron chi connectivity index (χ0n) is 17.0. The van der Waals surface area contributed by atoms with E-state index in [2.05, 4.69) is 25.2 Å². The summed E-state index contributed by atoms with van der Waals surface area (Å²) in [5.41, 5.74) is 2.18. The molecule has 10 heteroatoms. The summed E-state index contributed by atoms with van der Waals surface area (Å²) in [6, 6.07) is 7.45. The van der Waals surface area contributed by atoms with E-state index in [4.69, 9.17) is 0 Å². The molecule has 0 bridgehead atoms. The Morgan fingerprint density at radius 2 is 1.93 bits per heavy atom. The first-order valence-corrected chi connectivity index (χ1v) is 9.95. The van der Waals surface area contributed by atoms with E-state index in [0.717, 1.165) is 43.0 Å². The van der Waals surface area contributed by atoms with Gasteiger partial charge in [0.05, 0.1) is 4.92 Å². The Hall–Kier alpha value is -3.56. The number of carbonyl (C=O) groups is 1. The first kappa shape index (κ1) is 19.7. The molecule has 0 saturated heterocycles. The highest BCUT2D eigenvalue weighted by molar-refractivity contribution is 5.90. The number of nitro groups is 1. The molecule has 1 aromatic carbocycles. The second kappa shape index (κ2) is 8.05. The lowest BCUT2D eigenvalue weighted by molar-refractivity contribution is -0.386. The molecule has 3 aromatic rings. The fourth-order valence-electron chi connectivity index (χ4n) is 3.84. The van der Waals surface area contributed by atoms with Crippen molar-refractivity contribution in [2.24, 2.45) is 0 Å². The lowest BCUT2D eigenvalue weighted by Crippen LogP contribution is -2.20. The zero-order valence-corrected chi connectivity index (χ0v) is 17.0. The van der Waals surface area contributed by atoms with Crippen molar-refractivity contribution in [2.45, 2.75) is 52.6 Å². The Balaban J connectivity index is 1.46. The van der Waals surface area contributed by atoms with Gasteiger partial charge in [-0.05, 0) is 51.0 Å². The first-order valence-electron chi connectivity index (χ1n) is 9.95. The van der Waals surface area contributed by atoms with Gasteiger partial charge in [0.15, 0.2) is 5.82 Å². The standard InChI is InChI=1S/C20H23N7O3/c1-13-19(27(29)30)14(2)26(24-13)12-18(28)21-16-9-7-15(8-10-16)20-23-22-17-6-4-3-5-11-25(17)20/h7-10H,3-6,11-12H2,1-2H3,(H,21,28). The molecule has 1 aliphatic rings. The minimum atomic E-state index is -0.476. The van der Waals surface area contributed by atoms with E-state index in [1.807, 2.05) is 24.3 Å². The van der Waals surface area contributed by atoms with Crippen molar-refractivity contribution in [1.29, 1.82) is 0 Å². The molecule has 0 atom stereocenters. The molecule has 0 unspecified atom stereocenters. The maximum absolute atomic E-state index is 12.4. The van der Waals surface area contributed by atoms with Crippen LogP contribution in [0.15, 0.2) is 24.3 Å². The van der Waals surface area contributed by atoms with Crippen LogP contribution in [-0.2, 0) is 24.3 Å². The van der Waals surface area contributed by atoms with Gasteiger partial charge in [0, 0.05) is 24.2 Å². The summed E-state index contributed by atoms with van der Waals surface area (Å²) in [6.45, 7) is 3.97. The average Bonchev–Trinajstić information content (AvgIpc) is 3.12. The Morgan fingerprint density at radius 1 is 1.17 bits per heavy atom. The molecule has 0 aliphatic carbocycles. The summed E-state index contributed by atoms with van der Waals surface area (Å²) in [5.74, 6) is 1.57. The number of hydrogen-bond acceptors (Lipinski definition) is 6. The third-order valence-electron chi connectivity index (χ3n) is 5.36. The topological polar surface area (TPSA) is 121 Å². The van der Waals surface area contributed by atoms with Crippen LogP contribution in [0.3, 0.4) is 0 Å². The minimum absolute atomic E-state index is 0.0559. The molecular weight excluding hydrogens is 386 g/mol. The van der Waals surface area contributed by atoms with Gasteiger partial charge in [-0.25, -0.2) is 0 Å². The summed E-state index contributed by atoms with van der Waals surface area (Å²) in [6.07, 6.45) is 4.41. The molecule has 1 amide bonds. The van der Waals surface area contributed by atoms with Crippen molar-refractivity contribution in [3.8, 4) is 11.4 Å². The number of nitrogens with zero attached hydrogens (tertiary/aromatic N) is 6. The van der Waals surface area contributed by atoms with Crippen LogP contribution in [-0.4, -0.2) is 35.4 Å². The molecule has 0 saturated carbocycles. The van der Waals surface area contributed by atoms with Crippen LogP contribution in [0.5, 0.6) is 0 Å². The van der Waals surface area contributed by atoms with E-state index in [1.165, 1.54) is 11.1 Å². The van der Waals surface area contributed by atoms with Crippen LogP contribution < -0.4 is 5.32 Å². The lowest BCUT2D eigenvalue weighted by atomic mass is 10.2. The third kappa shape index (κ3) is 3.80. The van der Waals surface area contributed by atoms with E-state index in [0.29, 0.717) is 17.1 Å². The van der Waals surface area contributed by atoms with Crippen molar-refractivity contribution in [1.82, 2.24) is 24.5 Å². The number of amides is 1. The van der Waals surface area contributed by atoms with E-state index >= 15 is 0 Å². The molecule has 4 rings (SSSR count). The van der Waals surface area contributed by atoms with E-state index < -0.39 is 4.92 Å². The predicted molar refractivity (Wildman–Crippen MR) is 110 cm³/mol. The Bertz CT molecular complexity index is 1100. The Kier molecular flexibility index (Phi) is 5.30. The number of anilines is 1. The second-order valence-electron chi connectivity index (χ2n) is 7.46. The fourth-order valence-corrected chi connectivity index (χ4v) is 3.84. The highest BCUT2D eigenvalue weighted by Crippen LogP contribution is 2.24. The lowest BCUT2D eigenvalue weighted by Gasteiger charge is -2.09. The zero-order chi connectivity index (χ0) is 21.3. The van der Waals surface area contributed by atoms with Crippen LogP contribution in [0.25, 0.3) is 11.4 Å². The van der Waals surface area contributed by atoms with Gasteiger partial charge in [0.1, 0.15) is 23.8 Å². The minimum Gasteiger partial charge on any atom is -0.324 e. The molecule has 0 spiro atoms. The molecule has 30 heavy (non-hydrogen) atoms. The number of nitrogens with one attached hydrogen (secondary N) is 1. The van der Waals surface area contributed by atoms with Gasteiger partial charge in [0.25, 0.3) is 0 Å². The van der Waals surface area contributed by atoms with E-state index in [9.17, 15) is 14.9 Å². The number of fused-ring (bicyclic) bond motifs is 1. The van der Waals surface area contributed by atoms with Gasteiger partial charge < -0.3 is 9.88 Å². The normalized spacial score (nSPS) is 13.5. The molecule has 156 valence electrons. The van der Waals surface area contributed by atoms with E-state index in [-0.39, 0.29) is 18.1 Å². The van der Waals surface area contributed by atoms with Crippen molar-refractivity contribution in [3.05, 3.63) is 51.6 Å². The molecule has 10 nitrogen and oxygen atoms in total. The van der Waals surface area contributed by atoms with Crippen LogP contribution >= 0.6 is 0 Å². The maximum Gasteiger partial charge on any atom is 0.312 e. The molecular formula is C20H23N7O3. The summed E-state index contributed by atoms with van der Waals surface area (Å²) in [4.78, 5) is 23.0. The van der Waals surface area contributed by atoms with Gasteiger partial charge >= 0.3 is 5.69 Å². The summed E-state index contributed by atoms with van der Waals surface area (Å²) in [5, 5.41) is 26.7. The van der Waals surface area contributed by atoms with Crippen molar-refractivity contribution >= 4 is 17.3 Å². The van der Waals surface area contributed by atoms with Crippen molar-refractivity contribution < 1.29 is 9.72 Å². The number of aryl methyl sites for hydroxylation is 2. The van der Waals surface area contributed by atoms with Crippen LogP contribution in [0.2, 0.25) is 0 Å². The second-order valence-corrected chi connectivity index (χ2v) is 7.46. The molecule has 1 N–H and O–H groups in total. The monoisotopic (exact) mass is 409 g/mol. The number of aromatic nitrogens is 5. The number of rotatable bonds is 5. The van der Waals surface area contributed by atoms with Crippen molar-refractivity contribution in [2.75, 3.05) is 5.32 Å². The van der Waals surface area contributed by atoms with Gasteiger partial charge in [-0.15, -0.1) is 10.2 Å². The fraction of sp³-hybridized carbons (Fsp3) is 0.400. The third-order valence-corrected chi connectivity index (χ3v) is 5.36. The summed E-state index contributed by atoms with van der Waals surface area (Å²) in [7, 11) is 0. The van der Waals surface area contributed by atoms with Crippen molar-refractivity contribution in [3.63, 3.8) is 0 Å². The van der Waals surface area contributed by atoms with Gasteiger partial charge in [0.2, 0.25) is 5.91 Å². The van der Waals surface area contributed by atoms with Crippen LogP contribution in [0.1, 0.15) is 36.5 Å². The largest absolute Gasteiger partial charge is 0.324 e. The molecule has 0 fully saturated rings. The van der Waals surface area contributed by atoms with Gasteiger partial charge in [-0.2, -0.15) is 5.10 Å². The van der Waals surface area contributed by atoms with Gasteiger partial charge in [-0.1, -0.05) is 6.42 Å². The molecule has 0 radical (unpaired) electrons. The predicted octanol–water partition coefficient (Wildman–Crippen LogP) is 3.03. The molecule has 3 heterocycles. The number of benzene rings is 1. The van der Waals surface area contributed by atoms with E-state index in [1.54, 1.807) is 13.8 Å². The summed E-state index contributed by atoms with van der Waals surface area (Å²) < 4.78 is 3.53. The summed E-state index contributed by atoms with van der Waals surface area (Å²) >= 11 is 0. The SMILES string of the molecule is Cc1nn(CC(=O)Nc2ccc(-c3nnc4n3CCCCC4)cc2)c(C)c1[N+](=O)[O-]. The average molecular weight is 409 g/mol. The highest BCUT2D eigenvalue weighted by Gasteiger charge is 2.23. The number of hydrogen-bond donors (Lipinski definition) is 1. The Morgan fingerprint density at radius 3 is 2.63 bits per heavy atom. The first-order chi connectivity index (χ1) is 14.4. The Labute approximate surface area is 173 Å². The molecule has 2 aromatic heterocycles. The smallest absolute Gasteiger partial charge is 0.312 e. The van der Waals surface area contributed by atoms with Crippen LogP contribution in [0.4, 0.5) is 11.4 Å². The molecule has 1 aliphatic heterocycles.